The van der Waals surface area contributed by atoms with Crippen molar-refractivity contribution >= 4 is 11.9 Å². The Morgan fingerprint density at radius 2 is 2.05 bits per heavy atom. The number of nitrogens with zero attached hydrogens (tertiary/aromatic N) is 3. The first-order valence-electron chi connectivity index (χ1n) is 6.84. The van der Waals surface area contributed by atoms with Crippen LogP contribution in [0.4, 0.5) is 4.79 Å². The van der Waals surface area contributed by atoms with Crippen LogP contribution in [0, 0.1) is 0 Å². The smallest absolute Gasteiger partial charge is 0.315 e. The predicted octanol–water partition coefficient (Wildman–Crippen LogP) is 0.503. The lowest BCUT2D eigenvalue weighted by Gasteiger charge is -2.15. The van der Waals surface area contributed by atoms with Crippen LogP contribution in [0.5, 0.6) is 0 Å². The molecule has 0 aliphatic rings. The molecular weight excluding hydrogens is 284 g/mol. The minimum Gasteiger partial charge on any atom is -0.370 e. The minimum atomic E-state index is -0.447. The van der Waals surface area contributed by atoms with Gasteiger partial charge in [-0.1, -0.05) is 12.1 Å². The standard InChI is InChI=1S/C14H18N6O2/c1-10(19-14(22)17-7-6-13(15)21)11-2-4-12(5-3-11)20-9-16-8-18-20/h2-5,8-10H,6-7H2,1H3,(H2,15,21)(H2,17,19,22)/t10-/m0/s1. The summed E-state index contributed by atoms with van der Waals surface area (Å²) >= 11 is 0. The van der Waals surface area contributed by atoms with Gasteiger partial charge in [0.15, 0.2) is 0 Å². The number of carbonyl (C=O) groups is 2. The van der Waals surface area contributed by atoms with E-state index in [1.165, 1.54) is 6.33 Å². The van der Waals surface area contributed by atoms with Crippen LogP contribution in [-0.4, -0.2) is 33.2 Å². The second kappa shape index (κ2) is 7.21. The predicted molar refractivity (Wildman–Crippen MR) is 80.1 cm³/mol. The third-order valence-corrected chi connectivity index (χ3v) is 3.08. The quantitative estimate of drug-likeness (QED) is 0.720. The number of nitrogens with one attached hydrogen (secondary N) is 2. The molecular formula is C14H18N6O2. The Bertz CT molecular complexity index is 623. The van der Waals surface area contributed by atoms with Crippen molar-refractivity contribution < 1.29 is 9.59 Å². The lowest BCUT2D eigenvalue weighted by Crippen LogP contribution is -2.38. The molecule has 2 aromatic rings. The van der Waals surface area contributed by atoms with Gasteiger partial charge in [0.2, 0.25) is 5.91 Å². The molecule has 0 fully saturated rings. The number of hydrogen-bond donors (Lipinski definition) is 3. The van der Waals surface area contributed by atoms with Crippen LogP contribution in [0.1, 0.15) is 24.9 Å². The number of amides is 3. The van der Waals surface area contributed by atoms with Gasteiger partial charge in [0, 0.05) is 13.0 Å². The monoisotopic (exact) mass is 302 g/mol. The maximum Gasteiger partial charge on any atom is 0.315 e. The summed E-state index contributed by atoms with van der Waals surface area (Å²) in [5.41, 5.74) is 6.84. The molecule has 8 nitrogen and oxygen atoms in total. The van der Waals surface area contributed by atoms with Gasteiger partial charge in [0.25, 0.3) is 0 Å². The topological polar surface area (TPSA) is 115 Å². The molecule has 1 heterocycles. The van der Waals surface area contributed by atoms with E-state index in [1.54, 1.807) is 11.0 Å². The highest BCUT2D eigenvalue weighted by Crippen LogP contribution is 2.14. The summed E-state index contributed by atoms with van der Waals surface area (Å²) in [5, 5.41) is 9.41. The first-order valence-corrected chi connectivity index (χ1v) is 6.84. The molecule has 0 saturated heterocycles. The van der Waals surface area contributed by atoms with E-state index in [0.29, 0.717) is 0 Å². The molecule has 1 aromatic heterocycles. The molecule has 4 N–H and O–H groups in total. The highest BCUT2D eigenvalue weighted by atomic mass is 16.2. The first kappa shape index (κ1) is 15.5. The Hall–Kier alpha value is -2.90. The second-order valence-corrected chi connectivity index (χ2v) is 4.77. The molecule has 0 bridgehead atoms. The SMILES string of the molecule is C[C@H](NC(=O)NCCC(N)=O)c1ccc(-n2cncn2)cc1. The van der Waals surface area contributed by atoms with Gasteiger partial charge in [0.05, 0.1) is 11.7 Å². The van der Waals surface area contributed by atoms with E-state index in [9.17, 15) is 9.59 Å². The Morgan fingerprint density at radius 3 is 2.64 bits per heavy atom. The summed E-state index contributed by atoms with van der Waals surface area (Å²) in [5.74, 6) is -0.447. The Kier molecular flexibility index (Phi) is 5.07. The number of urea groups is 1. The number of benzene rings is 1. The number of hydrogen-bond acceptors (Lipinski definition) is 4. The third-order valence-electron chi connectivity index (χ3n) is 3.08. The van der Waals surface area contributed by atoms with E-state index in [4.69, 9.17) is 5.73 Å². The average molecular weight is 302 g/mol. The largest absolute Gasteiger partial charge is 0.370 e. The van der Waals surface area contributed by atoms with Crippen LogP contribution in [0.3, 0.4) is 0 Å². The first-order chi connectivity index (χ1) is 10.6. The fourth-order valence-corrected chi connectivity index (χ4v) is 1.89. The van der Waals surface area contributed by atoms with Crippen LogP contribution in [-0.2, 0) is 4.79 Å². The molecule has 1 atom stereocenters. The van der Waals surface area contributed by atoms with E-state index in [0.717, 1.165) is 11.3 Å². The van der Waals surface area contributed by atoms with Gasteiger partial charge in [-0.15, -0.1) is 0 Å². The highest BCUT2D eigenvalue weighted by molar-refractivity contribution is 5.77. The molecule has 0 aliphatic heterocycles. The van der Waals surface area contributed by atoms with Gasteiger partial charge < -0.3 is 16.4 Å². The summed E-state index contributed by atoms with van der Waals surface area (Å²) < 4.78 is 1.65. The van der Waals surface area contributed by atoms with Gasteiger partial charge in [-0.2, -0.15) is 5.10 Å². The Morgan fingerprint density at radius 1 is 1.32 bits per heavy atom. The molecule has 22 heavy (non-hydrogen) atoms. The lowest BCUT2D eigenvalue weighted by molar-refractivity contribution is -0.117. The van der Waals surface area contributed by atoms with Crippen molar-refractivity contribution in [2.75, 3.05) is 6.54 Å². The molecule has 1 aromatic carbocycles. The summed E-state index contributed by atoms with van der Waals surface area (Å²) in [7, 11) is 0. The maximum absolute atomic E-state index is 11.7. The normalized spacial score (nSPS) is 11.7. The zero-order chi connectivity index (χ0) is 15.9. The molecule has 3 amide bonds. The van der Waals surface area contributed by atoms with Crippen molar-refractivity contribution in [2.24, 2.45) is 5.73 Å². The van der Waals surface area contributed by atoms with Crippen molar-refractivity contribution in [3.8, 4) is 5.69 Å². The number of aromatic nitrogens is 3. The van der Waals surface area contributed by atoms with Gasteiger partial charge >= 0.3 is 6.03 Å². The van der Waals surface area contributed by atoms with Crippen LogP contribution < -0.4 is 16.4 Å². The zero-order valence-corrected chi connectivity index (χ0v) is 12.2. The molecule has 0 radical (unpaired) electrons. The fourth-order valence-electron chi connectivity index (χ4n) is 1.89. The molecule has 0 saturated carbocycles. The van der Waals surface area contributed by atoms with E-state index >= 15 is 0 Å². The molecule has 8 heteroatoms. The van der Waals surface area contributed by atoms with Crippen LogP contribution in [0.2, 0.25) is 0 Å². The van der Waals surface area contributed by atoms with Gasteiger partial charge in [0.1, 0.15) is 12.7 Å². The average Bonchev–Trinajstić information content (AvgIpc) is 3.01. The summed E-state index contributed by atoms with van der Waals surface area (Å²) in [6, 6.07) is 7.10. The number of rotatable bonds is 6. The zero-order valence-electron chi connectivity index (χ0n) is 12.2. The Labute approximate surface area is 127 Å². The van der Waals surface area contributed by atoms with E-state index in [-0.39, 0.29) is 25.0 Å². The highest BCUT2D eigenvalue weighted by Gasteiger charge is 2.09. The Balaban J connectivity index is 1.88. The van der Waals surface area contributed by atoms with Crippen molar-refractivity contribution in [3.05, 3.63) is 42.5 Å². The van der Waals surface area contributed by atoms with Crippen LogP contribution >= 0.6 is 0 Å². The van der Waals surface area contributed by atoms with E-state index < -0.39 is 5.91 Å². The summed E-state index contributed by atoms with van der Waals surface area (Å²) in [6.07, 6.45) is 3.20. The molecule has 2 rings (SSSR count). The lowest BCUT2D eigenvalue weighted by atomic mass is 10.1. The third kappa shape index (κ3) is 4.30. The number of carbonyl (C=O) groups excluding carboxylic acids is 2. The second-order valence-electron chi connectivity index (χ2n) is 4.77. The molecule has 0 spiro atoms. The van der Waals surface area contributed by atoms with E-state index in [1.807, 2.05) is 31.2 Å². The van der Waals surface area contributed by atoms with Crippen molar-refractivity contribution in [1.29, 1.82) is 0 Å². The van der Waals surface area contributed by atoms with Crippen molar-refractivity contribution in [2.45, 2.75) is 19.4 Å². The van der Waals surface area contributed by atoms with E-state index in [2.05, 4.69) is 20.7 Å². The minimum absolute atomic E-state index is 0.119. The maximum atomic E-state index is 11.7. The van der Waals surface area contributed by atoms with Crippen LogP contribution in [0.15, 0.2) is 36.9 Å². The van der Waals surface area contributed by atoms with Gasteiger partial charge in [-0.05, 0) is 24.6 Å². The number of nitrogens with two attached hydrogens (primary N) is 1. The molecule has 0 unspecified atom stereocenters. The molecule has 0 aliphatic carbocycles. The van der Waals surface area contributed by atoms with Gasteiger partial charge in [-0.25, -0.2) is 14.5 Å². The summed E-state index contributed by atoms with van der Waals surface area (Å²) in [4.78, 5) is 26.1. The number of primary amides is 1. The fraction of sp³-hybridized carbons (Fsp3) is 0.286. The van der Waals surface area contributed by atoms with Crippen molar-refractivity contribution in [3.63, 3.8) is 0 Å². The van der Waals surface area contributed by atoms with Crippen LogP contribution in [0.25, 0.3) is 5.69 Å². The molecule has 116 valence electrons. The van der Waals surface area contributed by atoms with Gasteiger partial charge in [-0.3, -0.25) is 4.79 Å². The van der Waals surface area contributed by atoms with Crippen molar-refractivity contribution in [1.82, 2.24) is 25.4 Å². The summed E-state index contributed by atoms with van der Waals surface area (Å²) in [6.45, 7) is 2.09.